The lowest BCUT2D eigenvalue weighted by Gasteiger charge is -2.49. The Morgan fingerprint density at radius 2 is 1.00 bits per heavy atom. The molecule has 0 bridgehead atoms. The lowest BCUT2D eigenvalue weighted by atomic mass is 9.80. The highest BCUT2D eigenvalue weighted by Crippen LogP contribution is 2.38. The van der Waals surface area contributed by atoms with Gasteiger partial charge in [-0.2, -0.15) is 0 Å². The van der Waals surface area contributed by atoms with Crippen molar-refractivity contribution < 1.29 is 9.94 Å². The summed E-state index contributed by atoms with van der Waals surface area (Å²) in [6, 6.07) is 0. The van der Waals surface area contributed by atoms with Gasteiger partial charge in [0.05, 0.1) is 6.10 Å². The fourth-order valence-corrected chi connectivity index (χ4v) is 5.01. The van der Waals surface area contributed by atoms with Gasteiger partial charge in [-0.3, -0.25) is 0 Å². The van der Waals surface area contributed by atoms with Crippen LogP contribution < -0.4 is 0 Å². The summed E-state index contributed by atoms with van der Waals surface area (Å²) in [5, 5.41) is 13.7. The zero-order chi connectivity index (χ0) is 21.6. The largest absolute Gasteiger partial charge is 0.378 e. The van der Waals surface area contributed by atoms with Gasteiger partial charge >= 0.3 is 0 Å². The average Bonchev–Trinajstić information content (AvgIpc) is 2.65. The van der Waals surface area contributed by atoms with Gasteiger partial charge in [0.1, 0.15) is 0 Å². The van der Waals surface area contributed by atoms with Gasteiger partial charge in [-0.05, 0) is 47.0 Å². The van der Waals surface area contributed by atoms with Gasteiger partial charge in [0.15, 0.2) is 0 Å². The molecule has 0 atom stereocenters. The maximum Gasteiger partial charge on any atom is 0.0611 e. The molecule has 173 valence electrons. The number of hydroxylamine groups is 2. The molecule has 3 heteroatoms. The van der Waals surface area contributed by atoms with E-state index in [2.05, 4.69) is 6.92 Å². The van der Waals surface area contributed by atoms with Crippen molar-refractivity contribution in [3.8, 4) is 0 Å². The van der Waals surface area contributed by atoms with Crippen LogP contribution >= 0.6 is 0 Å². The van der Waals surface area contributed by atoms with Crippen LogP contribution in [0.3, 0.4) is 0 Å². The van der Waals surface area contributed by atoms with E-state index in [1.54, 1.807) is 0 Å². The third kappa shape index (κ3) is 11.7. The van der Waals surface area contributed by atoms with Crippen molar-refractivity contribution in [2.75, 3.05) is 6.61 Å². The third-order valence-electron chi connectivity index (χ3n) is 6.66. The Morgan fingerprint density at radius 3 is 1.38 bits per heavy atom. The normalized spacial score (nSPS) is 19.7. The Bertz CT molecular complexity index is 376. The van der Waals surface area contributed by atoms with Gasteiger partial charge in [0.25, 0.3) is 0 Å². The van der Waals surface area contributed by atoms with Crippen LogP contribution in [0.2, 0.25) is 0 Å². The lowest BCUT2D eigenvalue weighted by molar-refractivity contribution is -0.301. The van der Waals surface area contributed by atoms with Crippen LogP contribution in [0.25, 0.3) is 0 Å². The van der Waals surface area contributed by atoms with Gasteiger partial charge < -0.3 is 4.74 Å². The second kappa shape index (κ2) is 14.8. The van der Waals surface area contributed by atoms with Crippen molar-refractivity contribution in [1.29, 1.82) is 0 Å². The molecule has 0 spiro atoms. The molecule has 1 fully saturated rings. The number of hydrogen-bond donors (Lipinski definition) is 0. The Kier molecular flexibility index (Phi) is 13.7. The average molecular weight is 411 g/mol. The van der Waals surface area contributed by atoms with E-state index in [-0.39, 0.29) is 17.2 Å². The molecule has 29 heavy (non-hydrogen) atoms. The first-order chi connectivity index (χ1) is 13.8. The monoisotopic (exact) mass is 410 g/mol. The summed E-state index contributed by atoms with van der Waals surface area (Å²) in [5.74, 6) is 0. The molecule has 1 aliphatic rings. The SMILES string of the molecule is CCCCCCCCCCCCCCCCCOC1CC(C)(C)N([O])C(C)(C)C1. The van der Waals surface area contributed by atoms with Gasteiger partial charge in [0.2, 0.25) is 0 Å². The predicted octanol–water partition coefficient (Wildman–Crippen LogP) is 8.24. The summed E-state index contributed by atoms with van der Waals surface area (Å²) >= 11 is 0. The van der Waals surface area contributed by atoms with E-state index in [9.17, 15) is 5.21 Å². The summed E-state index contributed by atoms with van der Waals surface area (Å²) in [6.45, 7) is 11.3. The van der Waals surface area contributed by atoms with Crippen LogP contribution in [0.15, 0.2) is 0 Å². The van der Waals surface area contributed by atoms with Gasteiger partial charge in [-0.25, -0.2) is 0 Å². The molecule has 1 heterocycles. The second-order valence-electron chi connectivity index (χ2n) is 10.8. The molecular weight excluding hydrogens is 358 g/mol. The maximum absolute atomic E-state index is 12.4. The van der Waals surface area contributed by atoms with E-state index in [0.29, 0.717) is 0 Å². The first-order valence-electron chi connectivity index (χ1n) is 12.9. The lowest BCUT2D eigenvalue weighted by Crippen LogP contribution is -2.59. The molecule has 1 saturated heterocycles. The van der Waals surface area contributed by atoms with E-state index in [1.807, 2.05) is 27.7 Å². The molecule has 0 amide bonds. The summed E-state index contributed by atoms with van der Waals surface area (Å²) in [6.07, 6.45) is 22.8. The van der Waals surface area contributed by atoms with Crippen LogP contribution in [0.5, 0.6) is 0 Å². The van der Waals surface area contributed by atoms with Crippen molar-refractivity contribution in [3.63, 3.8) is 0 Å². The van der Waals surface area contributed by atoms with Crippen molar-refractivity contribution in [1.82, 2.24) is 5.06 Å². The molecule has 0 aromatic carbocycles. The van der Waals surface area contributed by atoms with Crippen molar-refractivity contribution in [2.45, 2.75) is 161 Å². The zero-order valence-corrected chi connectivity index (χ0v) is 20.6. The number of hydrogen-bond acceptors (Lipinski definition) is 2. The molecule has 0 aromatic heterocycles. The number of nitrogens with zero attached hydrogens (tertiary/aromatic N) is 1. The minimum absolute atomic E-state index is 0.233. The molecule has 1 rings (SSSR count). The second-order valence-corrected chi connectivity index (χ2v) is 10.8. The first kappa shape index (κ1) is 26.9. The van der Waals surface area contributed by atoms with Crippen LogP contribution in [0.1, 0.15) is 144 Å². The van der Waals surface area contributed by atoms with Crippen LogP contribution in [0.4, 0.5) is 0 Å². The summed E-state index contributed by atoms with van der Waals surface area (Å²) in [5.41, 5.74) is -0.636. The van der Waals surface area contributed by atoms with Crippen LogP contribution in [-0.2, 0) is 9.94 Å². The van der Waals surface area contributed by atoms with E-state index < -0.39 is 0 Å². The van der Waals surface area contributed by atoms with E-state index in [4.69, 9.17) is 4.74 Å². The topological polar surface area (TPSA) is 32.4 Å². The molecule has 3 nitrogen and oxygen atoms in total. The highest BCUT2D eigenvalue weighted by Gasteiger charge is 2.46. The fraction of sp³-hybridized carbons (Fsp3) is 1.00. The van der Waals surface area contributed by atoms with E-state index in [0.717, 1.165) is 25.9 Å². The first-order valence-corrected chi connectivity index (χ1v) is 12.9. The third-order valence-corrected chi connectivity index (χ3v) is 6.66. The molecule has 1 aliphatic heterocycles. The van der Waals surface area contributed by atoms with Crippen LogP contribution in [0, 0.1) is 0 Å². The van der Waals surface area contributed by atoms with Crippen molar-refractivity contribution in [2.24, 2.45) is 0 Å². The predicted molar refractivity (Wildman–Crippen MR) is 125 cm³/mol. The van der Waals surface area contributed by atoms with Crippen LogP contribution in [-0.4, -0.2) is 28.9 Å². The Morgan fingerprint density at radius 1 is 0.655 bits per heavy atom. The summed E-state index contributed by atoms with van der Waals surface area (Å²) in [7, 11) is 0. The number of piperidine rings is 1. The zero-order valence-electron chi connectivity index (χ0n) is 20.6. The smallest absolute Gasteiger partial charge is 0.0611 e. The molecule has 0 unspecified atom stereocenters. The van der Waals surface area contributed by atoms with E-state index in [1.165, 1.54) is 95.0 Å². The van der Waals surface area contributed by atoms with Crippen molar-refractivity contribution in [3.05, 3.63) is 0 Å². The number of unbranched alkanes of at least 4 members (excludes halogenated alkanes) is 14. The minimum Gasteiger partial charge on any atom is -0.378 e. The highest BCUT2D eigenvalue weighted by atomic mass is 16.5. The maximum atomic E-state index is 12.4. The quantitative estimate of drug-likeness (QED) is 0.226. The highest BCUT2D eigenvalue weighted by molar-refractivity contribution is 4.96. The Balaban J connectivity index is 1.88. The fourth-order valence-electron chi connectivity index (χ4n) is 5.01. The minimum atomic E-state index is -0.318. The van der Waals surface area contributed by atoms with Gasteiger partial charge in [-0.15, -0.1) is 10.3 Å². The molecule has 0 aromatic rings. The van der Waals surface area contributed by atoms with Gasteiger partial charge in [-0.1, -0.05) is 96.8 Å². The van der Waals surface area contributed by atoms with Crippen molar-refractivity contribution >= 4 is 0 Å². The Hall–Kier alpha value is -0.120. The van der Waals surface area contributed by atoms with Gasteiger partial charge in [0, 0.05) is 17.7 Å². The van der Waals surface area contributed by atoms with E-state index >= 15 is 0 Å². The molecule has 1 radical (unpaired) electrons. The molecule has 0 N–H and O–H groups in total. The molecule has 0 aliphatic carbocycles. The number of ether oxygens (including phenoxy) is 1. The standard InChI is InChI=1S/C26H52NO2/c1-6-7-8-9-10-11-12-13-14-15-16-17-18-19-20-21-29-24-22-25(2,3)27(28)26(4,5)23-24/h24H,6-23H2,1-5H3. The Labute approximate surface area is 182 Å². The molecular formula is C26H52NO2. The molecule has 0 saturated carbocycles. The summed E-state index contributed by atoms with van der Waals surface area (Å²) < 4.78 is 6.15. The summed E-state index contributed by atoms with van der Waals surface area (Å²) in [4.78, 5) is 0. The number of rotatable bonds is 17.